The average Bonchev–Trinajstić information content (AvgIpc) is 3.66. The quantitative estimate of drug-likeness (QED) is 0.179. The summed E-state index contributed by atoms with van der Waals surface area (Å²) in [6.45, 7) is 16.0. The molecule has 4 aromatic rings. The second kappa shape index (κ2) is 10.9. The fourth-order valence-corrected chi connectivity index (χ4v) is 5.12. The van der Waals surface area contributed by atoms with Gasteiger partial charge in [-0.2, -0.15) is 0 Å². The molecule has 0 bridgehead atoms. The summed E-state index contributed by atoms with van der Waals surface area (Å²) >= 11 is 0. The minimum atomic E-state index is -0.471. The van der Waals surface area contributed by atoms with Crippen LogP contribution in [0.25, 0.3) is 33.6 Å². The number of imidazole rings is 2. The average molecular weight is 567 g/mol. The molecule has 2 aromatic heterocycles. The predicted molar refractivity (Wildman–Crippen MR) is 166 cm³/mol. The van der Waals surface area contributed by atoms with Gasteiger partial charge in [-0.15, -0.1) is 0 Å². The van der Waals surface area contributed by atoms with E-state index in [4.69, 9.17) is 0 Å². The van der Waals surface area contributed by atoms with Crippen molar-refractivity contribution in [3.8, 4) is 33.6 Å². The molecule has 220 valence electrons. The number of hydrogen-bond acceptors (Lipinski definition) is 4. The van der Waals surface area contributed by atoms with Gasteiger partial charge < -0.3 is 20.6 Å². The van der Waals surface area contributed by atoms with E-state index in [2.05, 4.69) is 80.8 Å². The lowest BCUT2D eigenvalue weighted by molar-refractivity contribution is -0.130. The number of nitrogens with one attached hydrogen (secondary N) is 4. The van der Waals surface area contributed by atoms with Gasteiger partial charge in [0.05, 0.1) is 36.4 Å². The van der Waals surface area contributed by atoms with Crippen molar-refractivity contribution in [2.45, 2.75) is 74.4 Å². The third-order valence-electron chi connectivity index (χ3n) is 7.75. The Balaban J connectivity index is 1.31. The predicted octanol–water partition coefficient (Wildman–Crippen LogP) is 6.56. The summed E-state index contributed by atoms with van der Waals surface area (Å²) in [5.41, 5.74) is 8.12. The van der Waals surface area contributed by atoms with Gasteiger partial charge in [0.25, 0.3) is 0 Å². The van der Waals surface area contributed by atoms with Crippen molar-refractivity contribution in [1.29, 1.82) is 0 Å². The molecule has 8 nitrogen and oxygen atoms in total. The number of rotatable bonds is 7. The smallest absolute Gasteiger partial charge is 0.225 e. The van der Waals surface area contributed by atoms with Crippen LogP contribution in [-0.2, 0) is 22.6 Å². The van der Waals surface area contributed by atoms with Crippen LogP contribution in [0, 0.1) is 16.7 Å². The zero-order chi connectivity index (χ0) is 30.4. The molecule has 0 radical (unpaired) electrons. The molecular formula is C34H42N6O2. The second-order valence-corrected chi connectivity index (χ2v) is 13.7. The summed E-state index contributed by atoms with van der Waals surface area (Å²) in [6.07, 6.45) is 4.52. The normalized spacial score (nSPS) is 13.5. The van der Waals surface area contributed by atoms with Gasteiger partial charge in [0.2, 0.25) is 11.8 Å². The maximum absolute atomic E-state index is 12.7. The Morgan fingerprint density at radius 1 is 0.810 bits per heavy atom. The maximum Gasteiger partial charge on any atom is 0.225 e. The largest absolute Gasteiger partial charge is 0.348 e. The van der Waals surface area contributed by atoms with Gasteiger partial charge in [-0.25, -0.2) is 9.97 Å². The first-order chi connectivity index (χ1) is 19.7. The van der Waals surface area contributed by atoms with Crippen LogP contribution >= 0.6 is 0 Å². The molecule has 0 saturated carbocycles. The van der Waals surface area contributed by atoms with Gasteiger partial charge in [-0.1, -0.05) is 79.7 Å². The molecule has 2 amide bonds. The summed E-state index contributed by atoms with van der Waals surface area (Å²) in [5.74, 6) is 1.68. The lowest BCUT2D eigenvalue weighted by Crippen LogP contribution is -2.39. The number of benzene rings is 2. The first-order valence-corrected chi connectivity index (χ1v) is 14.7. The van der Waals surface area contributed by atoms with Crippen LogP contribution in [0.4, 0.5) is 0 Å². The van der Waals surface area contributed by atoms with Crippen molar-refractivity contribution < 1.29 is 9.59 Å². The molecular weight excluding hydrogens is 524 g/mol. The number of aromatic nitrogens is 4. The Hall–Kier alpha value is -4.20. The molecule has 1 aliphatic carbocycles. The van der Waals surface area contributed by atoms with Gasteiger partial charge in [0, 0.05) is 10.8 Å². The number of amides is 2. The highest BCUT2D eigenvalue weighted by Crippen LogP contribution is 2.40. The first kappa shape index (κ1) is 29.3. The van der Waals surface area contributed by atoms with Crippen LogP contribution in [0.15, 0.2) is 48.8 Å². The van der Waals surface area contributed by atoms with Crippen LogP contribution in [0.2, 0.25) is 0 Å². The Bertz CT molecular complexity index is 1630. The van der Waals surface area contributed by atoms with Crippen molar-refractivity contribution in [3.05, 3.63) is 71.6 Å². The third kappa shape index (κ3) is 6.03. The SMILES string of the molecule is CC(C)C(NC(=O)C(C)(C)C)c1ncc(-c2ccc3c(c2)Cc2cc(-c4cnc(CNC(=O)C(C)(C)C)[nH]4)ccc2-3)[nH]1. The van der Waals surface area contributed by atoms with E-state index < -0.39 is 10.8 Å². The molecule has 8 heteroatoms. The fraction of sp³-hybridized carbons (Fsp3) is 0.412. The minimum Gasteiger partial charge on any atom is -0.348 e. The van der Waals surface area contributed by atoms with E-state index in [-0.39, 0.29) is 23.8 Å². The number of nitrogens with zero attached hydrogens (tertiary/aromatic N) is 2. The number of carbonyl (C=O) groups is 2. The van der Waals surface area contributed by atoms with E-state index in [1.807, 2.05) is 53.9 Å². The molecule has 1 atom stereocenters. The Kier molecular flexibility index (Phi) is 7.60. The molecule has 1 unspecified atom stereocenters. The van der Waals surface area contributed by atoms with Crippen molar-refractivity contribution in [2.75, 3.05) is 0 Å². The third-order valence-corrected chi connectivity index (χ3v) is 7.75. The monoisotopic (exact) mass is 566 g/mol. The zero-order valence-electron chi connectivity index (χ0n) is 25.9. The van der Waals surface area contributed by atoms with E-state index in [0.29, 0.717) is 6.54 Å². The molecule has 2 aromatic carbocycles. The molecule has 42 heavy (non-hydrogen) atoms. The van der Waals surface area contributed by atoms with Gasteiger partial charge in [0.1, 0.15) is 11.6 Å². The maximum atomic E-state index is 12.7. The van der Waals surface area contributed by atoms with Gasteiger partial charge >= 0.3 is 0 Å². The highest BCUT2D eigenvalue weighted by molar-refractivity contribution is 5.83. The number of fused-ring (bicyclic) bond motifs is 3. The number of hydrogen-bond donors (Lipinski definition) is 4. The van der Waals surface area contributed by atoms with Gasteiger partial charge in [-0.05, 0) is 57.9 Å². The van der Waals surface area contributed by atoms with E-state index >= 15 is 0 Å². The fourth-order valence-electron chi connectivity index (χ4n) is 5.12. The zero-order valence-corrected chi connectivity index (χ0v) is 25.9. The number of carbonyl (C=O) groups excluding carboxylic acids is 2. The topological polar surface area (TPSA) is 116 Å². The highest BCUT2D eigenvalue weighted by Gasteiger charge is 2.28. The Morgan fingerprint density at radius 2 is 1.36 bits per heavy atom. The molecule has 0 saturated heterocycles. The molecule has 0 spiro atoms. The Labute approximate surface area is 248 Å². The van der Waals surface area contributed by atoms with E-state index in [9.17, 15) is 9.59 Å². The number of H-pyrrole nitrogens is 2. The summed E-state index contributed by atoms with van der Waals surface area (Å²) < 4.78 is 0. The van der Waals surface area contributed by atoms with Gasteiger partial charge in [-0.3, -0.25) is 9.59 Å². The molecule has 5 rings (SSSR count). The lowest BCUT2D eigenvalue weighted by atomic mass is 9.94. The summed E-state index contributed by atoms with van der Waals surface area (Å²) in [6, 6.07) is 12.9. The molecule has 0 fully saturated rings. The van der Waals surface area contributed by atoms with Crippen molar-refractivity contribution in [1.82, 2.24) is 30.6 Å². The van der Waals surface area contributed by atoms with Crippen LogP contribution in [0.1, 0.15) is 84.2 Å². The van der Waals surface area contributed by atoms with Crippen molar-refractivity contribution in [3.63, 3.8) is 0 Å². The van der Waals surface area contributed by atoms with Crippen molar-refractivity contribution in [2.24, 2.45) is 16.7 Å². The van der Waals surface area contributed by atoms with Crippen LogP contribution in [0.3, 0.4) is 0 Å². The molecule has 0 aliphatic heterocycles. The summed E-state index contributed by atoms with van der Waals surface area (Å²) in [4.78, 5) is 40.9. The first-order valence-electron chi connectivity index (χ1n) is 14.7. The molecule has 1 aliphatic rings. The van der Waals surface area contributed by atoms with Gasteiger partial charge in [0.15, 0.2) is 0 Å². The molecule has 2 heterocycles. The number of aromatic amines is 2. The second-order valence-electron chi connectivity index (χ2n) is 13.7. The summed E-state index contributed by atoms with van der Waals surface area (Å²) in [5, 5.41) is 6.12. The minimum absolute atomic E-state index is 0.00601. The highest BCUT2D eigenvalue weighted by atomic mass is 16.2. The summed E-state index contributed by atoms with van der Waals surface area (Å²) in [7, 11) is 0. The van der Waals surface area contributed by atoms with E-state index in [1.165, 1.54) is 22.3 Å². The lowest BCUT2D eigenvalue weighted by Gasteiger charge is -2.25. The van der Waals surface area contributed by atoms with Crippen LogP contribution in [0.5, 0.6) is 0 Å². The van der Waals surface area contributed by atoms with E-state index in [0.717, 1.165) is 40.6 Å². The standard InChI is InChI=1S/C34H42N6O2/c1-19(2)29(40-32(42)34(6,7)8)30-36-17-27(39-30)21-10-12-25-23(14-21)15-22-13-20(9-11-24(22)25)26-16-35-28(38-26)18-37-31(41)33(3,4)5/h9-14,16-17,19,29H,15,18H2,1-8H3,(H,35,38)(H,36,39)(H,37,41)(H,40,42). The van der Waals surface area contributed by atoms with Crippen LogP contribution < -0.4 is 10.6 Å². The van der Waals surface area contributed by atoms with Crippen LogP contribution in [-0.4, -0.2) is 31.8 Å². The Morgan fingerprint density at radius 3 is 1.90 bits per heavy atom. The molecule has 4 N–H and O–H groups in total. The van der Waals surface area contributed by atoms with Crippen molar-refractivity contribution >= 4 is 11.8 Å². The van der Waals surface area contributed by atoms with E-state index in [1.54, 1.807) is 0 Å².